The van der Waals surface area contributed by atoms with Gasteiger partial charge in [0.25, 0.3) is 5.91 Å². The summed E-state index contributed by atoms with van der Waals surface area (Å²) in [5.41, 5.74) is -0.574. The average Bonchev–Trinajstić information content (AvgIpc) is 3.11. The third-order valence-electron chi connectivity index (χ3n) is 4.20. The van der Waals surface area contributed by atoms with Gasteiger partial charge in [0.05, 0.1) is 11.3 Å². The first-order valence-electron chi connectivity index (χ1n) is 8.04. The molecule has 0 fully saturated rings. The summed E-state index contributed by atoms with van der Waals surface area (Å²) in [7, 11) is 0. The summed E-state index contributed by atoms with van der Waals surface area (Å²) < 4.78 is 33.5. The van der Waals surface area contributed by atoms with Crippen molar-refractivity contribution in [3.8, 4) is 0 Å². The number of benzene rings is 1. The molecule has 1 unspecified atom stereocenters. The molecule has 0 aliphatic carbocycles. The maximum atomic E-state index is 14.3. The van der Waals surface area contributed by atoms with Gasteiger partial charge in [0, 0.05) is 12.0 Å². The maximum Gasteiger partial charge on any atom is 0.294 e. The number of ketones is 1. The minimum atomic E-state index is -1.18. The molecule has 1 aromatic carbocycles. The van der Waals surface area contributed by atoms with Crippen molar-refractivity contribution in [3.05, 3.63) is 64.8 Å². The number of aliphatic hydroxyl groups excluding tert-OH is 1. The van der Waals surface area contributed by atoms with E-state index < -0.39 is 41.0 Å². The first-order valence-corrected chi connectivity index (χ1v) is 8.04. The Kier molecular flexibility index (Phi) is 4.39. The molecule has 136 valence electrons. The van der Waals surface area contributed by atoms with Crippen LogP contribution >= 0.6 is 0 Å². The van der Waals surface area contributed by atoms with Crippen molar-refractivity contribution in [1.82, 2.24) is 0 Å². The number of hydrogen-bond donors (Lipinski definition) is 1. The summed E-state index contributed by atoms with van der Waals surface area (Å²) >= 11 is 0. The molecular formula is C19H17F2NO4. The lowest BCUT2D eigenvalue weighted by Gasteiger charge is -2.25. The zero-order valence-corrected chi connectivity index (χ0v) is 14.4. The molecule has 0 radical (unpaired) electrons. The van der Waals surface area contributed by atoms with Gasteiger partial charge in [-0.3, -0.25) is 14.5 Å². The van der Waals surface area contributed by atoms with Crippen molar-refractivity contribution in [3.63, 3.8) is 0 Å². The molecule has 1 N–H and O–H groups in total. The molecule has 26 heavy (non-hydrogen) atoms. The van der Waals surface area contributed by atoms with Crippen LogP contribution in [0.5, 0.6) is 0 Å². The van der Waals surface area contributed by atoms with Crippen LogP contribution in [0.3, 0.4) is 0 Å². The molecule has 7 heteroatoms. The smallest absolute Gasteiger partial charge is 0.294 e. The fourth-order valence-electron chi connectivity index (χ4n) is 2.96. The van der Waals surface area contributed by atoms with E-state index in [2.05, 4.69) is 0 Å². The minimum Gasteiger partial charge on any atom is -0.503 e. The number of hydrogen-bond acceptors (Lipinski definition) is 4. The highest BCUT2D eigenvalue weighted by molar-refractivity contribution is 6.16. The van der Waals surface area contributed by atoms with Crippen LogP contribution < -0.4 is 4.90 Å². The fourth-order valence-corrected chi connectivity index (χ4v) is 2.96. The van der Waals surface area contributed by atoms with E-state index in [1.54, 1.807) is 26.8 Å². The molecule has 2 aromatic rings. The lowest BCUT2D eigenvalue weighted by Crippen LogP contribution is -2.32. The van der Waals surface area contributed by atoms with Crippen molar-refractivity contribution in [2.75, 3.05) is 4.90 Å². The molecule has 3 rings (SSSR count). The minimum absolute atomic E-state index is 0.174. The van der Waals surface area contributed by atoms with E-state index in [4.69, 9.17) is 4.42 Å². The van der Waals surface area contributed by atoms with E-state index in [1.807, 2.05) is 0 Å². The molecule has 0 saturated carbocycles. The standard InChI is InChI=1S/C19H17F2NO4/c1-9(2)17(23)15-16(14-7-4-10(3)26-14)22(19(25)18(15)24)13-8-11(20)5-6-12(13)21/h4-9,16,24H,1-3H3. The Morgan fingerprint density at radius 1 is 1.23 bits per heavy atom. The number of anilines is 1. The third-order valence-corrected chi connectivity index (χ3v) is 4.20. The van der Waals surface area contributed by atoms with Crippen LogP contribution in [0.1, 0.15) is 31.4 Å². The third kappa shape index (κ3) is 2.79. The Labute approximate surface area is 148 Å². The number of carbonyl (C=O) groups is 2. The second-order valence-electron chi connectivity index (χ2n) is 6.40. The highest BCUT2D eigenvalue weighted by Gasteiger charge is 2.47. The summed E-state index contributed by atoms with van der Waals surface area (Å²) in [6, 6.07) is 4.60. The number of aryl methyl sites for hydroxylation is 1. The van der Waals surface area contributed by atoms with Crippen LogP contribution in [-0.2, 0) is 9.59 Å². The number of aliphatic hydroxyl groups is 1. The predicted molar refractivity (Wildman–Crippen MR) is 89.5 cm³/mol. The Morgan fingerprint density at radius 3 is 2.50 bits per heavy atom. The van der Waals surface area contributed by atoms with Gasteiger partial charge in [0.2, 0.25) is 0 Å². The molecule has 2 heterocycles. The van der Waals surface area contributed by atoms with Crippen LogP contribution in [0.2, 0.25) is 0 Å². The number of halogens is 2. The molecule has 1 aliphatic heterocycles. The predicted octanol–water partition coefficient (Wildman–Crippen LogP) is 3.99. The van der Waals surface area contributed by atoms with Gasteiger partial charge in [-0.25, -0.2) is 8.78 Å². The number of carbonyl (C=O) groups excluding carboxylic acids is 2. The summed E-state index contributed by atoms with van der Waals surface area (Å²) in [5.74, 6) is -3.71. The lowest BCUT2D eigenvalue weighted by atomic mass is 9.94. The number of amides is 1. The molecule has 1 atom stereocenters. The Hall–Kier alpha value is -2.96. The molecule has 5 nitrogen and oxygen atoms in total. The van der Waals surface area contributed by atoms with Crippen molar-refractivity contribution in [1.29, 1.82) is 0 Å². The summed E-state index contributed by atoms with van der Waals surface area (Å²) in [5, 5.41) is 10.3. The van der Waals surface area contributed by atoms with Gasteiger partial charge in [-0.1, -0.05) is 13.8 Å². The second-order valence-corrected chi connectivity index (χ2v) is 6.40. The zero-order chi connectivity index (χ0) is 19.2. The Bertz CT molecular complexity index is 929. The lowest BCUT2D eigenvalue weighted by molar-refractivity contribution is -0.119. The van der Waals surface area contributed by atoms with E-state index in [0.717, 1.165) is 23.1 Å². The second kappa shape index (κ2) is 6.40. The molecule has 0 spiro atoms. The summed E-state index contributed by atoms with van der Waals surface area (Å²) in [6.07, 6.45) is 0. The van der Waals surface area contributed by atoms with Crippen LogP contribution in [0.4, 0.5) is 14.5 Å². The SMILES string of the molecule is Cc1ccc(C2C(C(=O)C(C)C)=C(O)C(=O)N2c2cc(F)ccc2F)o1. The van der Waals surface area contributed by atoms with E-state index in [0.29, 0.717) is 5.76 Å². The van der Waals surface area contributed by atoms with Gasteiger partial charge in [-0.15, -0.1) is 0 Å². The number of nitrogens with zero attached hydrogens (tertiary/aromatic N) is 1. The van der Waals surface area contributed by atoms with E-state index >= 15 is 0 Å². The average molecular weight is 361 g/mol. The molecule has 0 saturated heterocycles. The first-order chi connectivity index (χ1) is 12.2. The van der Waals surface area contributed by atoms with Crippen molar-refractivity contribution < 1.29 is 27.9 Å². The normalized spacial score (nSPS) is 17.5. The monoisotopic (exact) mass is 361 g/mol. The highest BCUT2D eigenvalue weighted by Crippen LogP contribution is 2.43. The van der Waals surface area contributed by atoms with Crippen molar-refractivity contribution >= 4 is 17.4 Å². The fraction of sp³-hybridized carbons (Fsp3) is 0.263. The van der Waals surface area contributed by atoms with Crippen LogP contribution in [0.15, 0.2) is 46.1 Å². The number of Topliss-reactive ketones (excluding diaryl/α,β-unsaturated/α-hetero) is 1. The quantitative estimate of drug-likeness (QED) is 0.894. The van der Waals surface area contributed by atoms with E-state index in [-0.39, 0.29) is 17.0 Å². The van der Waals surface area contributed by atoms with Crippen LogP contribution in [0, 0.1) is 24.5 Å². The Morgan fingerprint density at radius 2 is 1.92 bits per heavy atom. The first kappa shape index (κ1) is 17.8. The number of rotatable bonds is 4. The van der Waals surface area contributed by atoms with E-state index in [1.165, 1.54) is 6.07 Å². The van der Waals surface area contributed by atoms with Gasteiger partial charge in [0.1, 0.15) is 29.2 Å². The Balaban J connectivity index is 2.23. The van der Waals surface area contributed by atoms with Crippen LogP contribution in [0.25, 0.3) is 0 Å². The van der Waals surface area contributed by atoms with Gasteiger partial charge < -0.3 is 9.52 Å². The van der Waals surface area contributed by atoms with Gasteiger partial charge in [-0.05, 0) is 31.2 Å². The van der Waals surface area contributed by atoms with Gasteiger partial charge in [0.15, 0.2) is 11.5 Å². The van der Waals surface area contributed by atoms with Crippen LogP contribution in [-0.4, -0.2) is 16.8 Å². The molecule has 1 aliphatic rings. The van der Waals surface area contributed by atoms with Crippen molar-refractivity contribution in [2.45, 2.75) is 26.8 Å². The molecular weight excluding hydrogens is 344 g/mol. The molecule has 0 bridgehead atoms. The van der Waals surface area contributed by atoms with Gasteiger partial charge in [-0.2, -0.15) is 0 Å². The molecule has 1 amide bonds. The highest BCUT2D eigenvalue weighted by atomic mass is 19.1. The molecule has 1 aromatic heterocycles. The summed E-state index contributed by atoms with van der Waals surface area (Å²) in [6.45, 7) is 4.90. The topological polar surface area (TPSA) is 70.8 Å². The van der Waals surface area contributed by atoms with Crippen molar-refractivity contribution in [2.24, 2.45) is 5.92 Å². The zero-order valence-electron chi connectivity index (χ0n) is 14.4. The number of furan rings is 1. The van der Waals surface area contributed by atoms with E-state index in [9.17, 15) is 23.5 Å². The largest absolute Gasteiger partial charge is 0.503 e. The summed E-state index contributed by atoms with van der Waals surface area (Å²) in [4.78, 5) is 26.1. The maximum absolute atomic E-state index is 14.3. The van der Waals surface area contributed by atoms with Gasteiger partial charge >= 0.3 is 0 Å².